The summed E-state index contributed by atoms with van der Waals surface area (Å²) < 4.78 is 0. The van der Waals surface area contributed by atoms with Crippen LogP contribution in [0.15, 0.2) is 0 Å². The van der Waals surface area contributed by atoms with Crippen LogP contribution in [0.1, 0.15) is 19.8 Å². The zero-order chi connectivity index (χ0) is 6.48. The Morgan fingerprint density at radius 3 is 3.11 bits per heavy atom. The maximum absolute atomic E-state index is 10.8. The van der Waals surface area contributed by atoms with E-state index in [-0.39, 0.29) is 5.91 Å². The molecule has 1 saturated heterocycles. The van der Waals surface area contributed by atoms with Gasteiger partial charge in [0.25, 0.3) is 0 Å². The smallest absolute Gasteiger partial charge is 0.220 e. The summed E-state index contributed by atoms with van der Waals surface area (Å²) in [5.41, 5.74) is 0.405. The molecule has 0 spiro atoms. The van der Waals surface area contributed by atoms with Gasteiger partial charge in [-0.15, -0.1) is 0 Å². The average molecular weight is 125 g/mol. The molecule has 2 rings (SSSR count). The molecule has 2 nitrogen and oxygen atoms in total. The average Bonchev–Trinajstić information content (AvgIpc) is 2.38. The van der Waals surface area contributed by atoms with E-state index in [9.17, 15) is 4.79 Å². The van der Waals surface area contributed by atoms with E-state index in [1.807, 2.05) is 0 Å². The van der Waals surface area contributed by atoms with Crippen LogP contribution in [0, 0.1) is 11.3 Å². The molecule has 1 aliphatic carbocycles. The lowest BCUT2D eigenvalue weighted by Crippen LogP contribution is -2.33. The molecule has 9 heavy (non-hydrogen) atoms. The standard InChI is InChI=1S/C7H11NO/c1-7-2-5(7)4-8-6(9)3-7/h5H,2-4H2,1H3,(H,8,9)/t5-,7+/m0/s1. The van der Waals surface area contributed by atoms with Gasteiger partial charge in [-0.3, -0.25) is 4.79 Å². The van der Waals surface area contributed by atoms with Gasteiger partial charge in [0.05, 0.1) is 0 Å². The Kier molecular flexibility index (Phi) is 0.765. The molecule has 1 aliphatic heterocycles. The summed E-state index contributed by atoms with van der Waals surface area (Å²) in [6, 6.07) is 0. The molecule has 0 radical (unpaired) electrons. The Balaban J connectivity index is 2.11. The fourth-order valence-corrected chi connectivity index (χ4v) is 1.71. The lowest BCUT2D eigenvalue weighted by Gasteiger charge is -2.16. The summed E-state index contributed by atoms with van der Waals surface area (Å²) in [6.45, 7) is 3.13. The maximum atomic E-state index is 10.8. The summed E-state index contributed by atoms with van der Waals surface area (Å²) in [6.07, 6.45) is 2.02. The molecule has 0 unspecified atom stereocenters. The predicted octanol–water partition coefficient (Wildman–Crippen LogP) is 0.532. The van der Waals surface area contributed by atoms with Crippen LogP contribution in [0.25, 0.3) is 0 Å². The first kappa shape index (κ1) is 5.27. The summed E-state index contributed by atoms with van der Waals surface area (Å²) in [5, 5.41) is 2.86. The first-order valence-corrected chi connectivity index (χ1v) is 3.47. The minimum atomic E-state index is 0.242. The van der Waals surface area contributed by atoms with Crippen LogP contribution in [0.4, 0.5) is 0 Å². The Bertz CT molecular complexity index is 166. The first-order chi connectivity index (χ1) is 4.21. The van der Waals surface area contributed by atoms with Gasteiger partial charge in [-0.25, -0.2) is 0 Å². The predicted molar refractivity (Wildman–Crippen MR) is 33.8 cm³/mol. The molecule has 1 heterocycles. The van der Waals surface area contributed by atoms with Gasteiger partial charge in [0.15, 0.2) is 0 Å². The number of piperidine rings is 1. The number of amides is 1. The van der Waals surface area contributed by atoms with E-state index >= 15 is 0 Å². The van der Waals surface area contributed by atoms with Crippen LogP contribution < -0.4 is 5.32 Å². The molecule has 0 aromatic heterocycles. The largest absolute Gasteiger partial charge is 0.356 e. The van der Waals surface area contributed by atoms with Crippen molar-refractivity contribution >= 4 is 5.91 Å². The highest BCUT2D eigenvalue weighted by molar-refractivity contribution is 5.78. The zero-order valence-electron chi connectivity index (χ0n) is 5.61. The molecule has 2 heteroatoms. The number of hydrogen-bond acceptors (Lipinski definition) is 1. The van der Waals surface area contributed by atoms with Gasteiger partial charge >= 0.3 is 0 Å². The molecule has 50 valence electrons. The van der Waals surface area contributed by atoms with Crippen molar-refractivity contribution in [1.82, 2.24) is 5.32 Å². The zero-order valence-corrected chi connectivity index (χ0v) is 5.61. The van der Waals surface area contributed by atoms with Crippen LogP contribution >= 0.6 is 0 Å². The van der Waals surface area contributed by atoms with Gasteiger partial charge in [-0.05, 0) is 17.8 Å². The second-order valence-electron chi connectivity index (χ2n) is 3.54. The van der Waals surface area contributed by atoms with Gasteiger partial charge in [-0.1, -0.05) is 6.92 Å². The third-order valence-corrected chi connectivity index (χ3v) is 2.65. The van der Waals surface area contributed by atoms with E-state index in [4.69, 9.17) is 0 Å². The molecular formula is C7H11NO. The lowest BCUT2D eigenvalue weighted by molar-refractivity contribution is -0.123. The normalized spacial score (nSPS) is 47.7. The third kappa shape index (κ3) is 0.655. The highest BCUT2D eigenvalue weighted by Crippen LogP contribution is 2.55. The van der Waals surface area contributed by atoms with Gasteiger partial charge in [0.2, 0.25) is 5.91 Å². The quantitative estimate of drug-likeness (QED) is 0.502. The Morgan fingerprint density at radius 1 is 1.78 bits per heavy atom. The van der Waals surface area contributed by atoms with E-state index in [2.05, 4.69) is 12.2 Å². The Morgan fingerprint density at radius 2 is 2.56 bits per heavy atom. The fraction of sp³-hybridized carbons (Fsp3) is 0.857. The summed E-state index contributed by atoms with van der Waals surface area (Å²) in [7, 11) is 0. The molecule has 2 aliphatic rings. The van der Waals surface area contributed by atoms with E-state index in [0.29, 0.717) is 5.41 Å². The van der Waals surface area contributed by atoms with E-state index < -0.39 is 0 Å². The lowest BCUT2D eigenvalue weighted by atomic mass is 9.99. The van der Waals surface area contributed by atoms with Crippen molar-refractivity contribution in [2.75, 3.05) is 6.54 Å². The van der Waals surface area contributed by atoms with Gasteiger partial charge in [-0.2, -0.15) is 0 Å². The number of hydrogen-bond donors (Lipinski definition) is 1. The van der Waals surface area contributed by atoms with Crippen LogP contribution in [0.5, 0.6) is 0 Å². The van der Waals surface area contributed by atoms with Gasteiger partial charge in [0, 0.05) is 13.0 Å². The van der Waals surface area contributed by atoms with Crippen molar-refractivity contribution in [3.8, 4) is 0 Å². The van der Waals surface area contributed by atoms with Crippen molar-refractivity contribution < 1.29 is 4.79 Å². The molecule has 1 saturated carbocycles. The summed E-state index contributed by atoms with van der Waals surface area (Å²) in [4.78, 5) is 10.8. The number of nitrogens with one attached hydrogen (secondary N) is 1. The third-order valence-electron chi connectivity index (χ3n) is 2.65. The number of fused-ring (bicyclic) bond motifs is 1. The molecule has 0 aromatic carbocycles. The van der Waals surface area contributed by atoms with Crippen molar-refractivity contribution in [3.63, 3.8) is 0 Å². The van der Waals surface area contributed by atoms with E-state index in [1.165, 1.54) is 6.42 Å². The van der Waals surface area contributed by atoms with Gasteiger partial charge in [0.1, 0.15) is 0 Å². The minimum absolute atomic E-state index is 0.242. The molecule has 2 atom stereocenters. The highest BCUT2D eigenvalue weighted by Gasteiger charge is 2.53. The topological polar surface area (TPSA) is 29.1 Å². The highest BCUT2D eigenvalue weighted by atomic mass is 16.1. The van der Waals surface area contributed by atoms with Crippen molar-refractivity contribution in [1.29, 1.82) is 0 Å². The molecule has 0 bridgehead atoms. The number of rotatable bonds is 0. The number of carbonyl (C=O) groups excluding carboxylic acids is 1. The SMILES string of the molecule is C[C@@]12CC(=O)NC[C@@H]1C2. The van der Waals surface area contributed by atoms with Gasteiger partial charge < -0.3 is 5.32 Å². The number of carbonyl (C=O) groups is 1. The van der Waals surface area contributed by atoms with Crippen LogP contribution in [0.2, 0.25) is 0 Å². The van der Waals surface area contributed by atoms with Crippen molar-refractivity contribution in [3.05, 3.63) is 0 Å². The molecule has 2 fully saturated rings. The monoisotopic (exact) mass is 125 g/mol. The Labute approximate surface area is 54.6 Å². The first-order valence-electron chi connectivity index (χ1n) is 3.47. The van der Waals surface area contributed by atoms with Crippen LogP contribution in [-0.4, -0.2) is 12.5 Å². The van der Waals surface area contributed by atoms with E-state index in [0.717, 1.165) is 18.9 Å². The maximum Gasteiger partial charge on any atom is 0.220 e. The molecule has 1 N–H and O–H groups in total. The van der Waals surface area contributed by atoms with E-state index in [1.54, 1.807) is 0 Å². The molecule has 1 amide bonds. The molecule has 0 aromatic rings. The second kappa shape index (κ2) is 1.31. The van der Waals surface area contributed by atoms with Crippen LogP contribution in [-0.2, 0) is 4.79 Å². The van der Waals surface area contributed by atoms with Crippen LogP contribution in [0.3, 0.4) is 0 Å². The van der Waals surface area contributed by atoms with Crippen molar-refractivity contribution in [2.24, 2.45) is 11.3 Å². The Hall–Kier alpha value is -0.530. The second-order valence-corrected chi connectivity index (χ2v) is 3.54. The van der Waals surface area contributed by atoms with Crippen molar-refractivity contribution in [2.45, 2.75) is 19.8 Å². The molecular weight excluding hydrogens is 114 g/mol. The summed E-state index contributed by atoms with van der Waals surface area (Å²) in [5.74, 6) is 1.04. The fourth-order valence-electron chi connectivity index (χ4n) is 1.71. The summed E-state index contributed by atoms with van der Waals surface area (Å²) >= 11 is 0. The minimum Gasteiger partial charge on any atom is -0.356 e.